The van der Waals surface area contributed by atoms with Crippen molar-refractivity contribution >= 4 is 11.0 Å². The van der Waals surface area contributed by atoms with Crippen molar-refractivity contribution in [3.8, 4) is 11.8 Å². The second-order valence-electron chi connectivity index (χ2n) is 6.48. The molecule has 0 saturated carbocycles. The van der Waals surface area contributed by atoms with E-state index in [4.69, 9.17) is 10.00 Å². The van der Waals surface area contributed by atoms with Crippen molar-refractivity contribution in [2.24, 2.45) is 0 Å². The van der Waals surface area contributed by atoms with Gasteiger partial charge in [-0.15, -0.1) is 0 Å². The van der Waals surface area contributed by atoms with Crippen LogP contribution in [0.3, 0.4) is 0 Å². The number of fused-ring (bicyclic) bond motifs is 1. The van der Waals surface area contributed by atoms with Crippen LogP contribution < -0.4 is 10.3 Å². The molecule has 7 heteroatoms. The molecule has 1 fully saturated rings. The predicted molar refractivity (Wildman–Crippen MR) is 107 cm³/mol. The van der Waals surface area contributed by atoms with Gasteiger partial charge >= 0.3 is 0 Å². The highest BCUT2D eigenvalue weighted by atomic mass is 16.5. The lowest BCUT2D eigenvalue weighted by atomic mass is 10.1. The number of aromatic amines is 1. The molecule has 28 heavy (non-hydrogen) atoms. The first-order valence-corrected chi connectivity index (χ1v) is 9.34. The number of nitriles is 1. The molecular weight excluding hydrogens is 354 g/mol. The number of aryl methyl sites for hydroxylation is 1. The van der Waals surface area contributed by atoms with Gasteiger partial charge in [-0.25, -0.2) is 4.98 Å². The molecule has 1 aliphatic rings. The topological polar surface area (TPSA) is 94.9 Å². The minimum atomic E-state index is -0.0788. The van der Waals surface area contributed by atoms with E-state index >= 15 is 0 Å². The minimum Gasteiger partial charge on any atom is -0.486 e. The average Bonchev–Trinajstić information content (AvgIpc) is 2.69. The molecule has 4 rings (SSSR count). The Labute approximate surface area is 163 Å². The SMILES string of the molecule is CC.Cc1cc2ncc(CN3CC(Oc4ccc(C#N)nc4)C3)cc2[nH]c1=O. The summed E-state index contributed by atoms with van der Waals surface area (Å²) in [5, 5.41) is 8.75. The zero-order valence-corrected chi connectivity index (χ0v) is 16.3. The summed E-state index contributed by atoms with van der Waals surface area (Å²) in [6, 6.07) is 9.17. The number of nitrogens with one attached hydrogen (secondary N) is 1. The smallest absolute Gasteiger partial charge is 0.251 e. The Balaban J connectivity index is 0.00000109. The molecule has 144 valence electrons. The molecule has 0 bridgehead atoms. The molecule has 1 N–H and O–H groups in total. The van der Waals surface area contributed by atoms with Gasteiger partial charge in [0.05, 0.1) is 17.2 Å². The Bertz CT molecular complexity index is 1050. The van der Waals surface area contributed by atoms with Crippen molar-refractivity contribution in [2.45, 2.75) is 33.4 Å². The van der Waals surface area contributed by atoms with E-state index in [-0.39, 0.29) is 11.7 Å². The first kappa shape index (κ1) is 19.5. The number of hydrogen-bond acceptors (Lipinski definition) is 6. The van der Waals surface area contributed by atoms with Crippen molar-refractivity contribution in [3.05, 3.63) is 63.8 Å². The summed E-state index contributed by atoms with van der Waals surface area (Å²) in [5.74, 6) is 0.675. The number of aromatic nitrogens is 3. The molecule has 0 unspecified atom stereocenters. The number of ether oxygens (including phenoxy) is 1. The van der Waals surface area contributed by atoms with Gasteiger partial charge < -0.3 is 9.72 Å². The Kier molecular flexibility index (Phi) is 6.02. The Morgan fingerprint density at radius 3 is 2.71 bits per heavy atom. The molecule has 1 saturated heterocycles. The maximum Gasteiger partial charge on any atom is 0.251 e. The fraction of sp³-hybridized carbons (Fsp3) is 0.333. The lowest BCUT2D eigenvalue weighted by Crippen LogP contribution is -2.53. The first-order chi connectivity index (χ1) is 13.6. The minimum absolute atomic E-state index is 0.0788. The molecule has 0 aromatic carbocycles. The van der Waals surface area contributed by atoms with E-state index in [0.29, 0.717) is 17.0 Å². The van der Waals surface area contributed by atoms with E-state index < -0.39 is 0 Å². The Morgan fingerprint density at radius 1 is 1.25 bits per heavy atom. The summed E-state index contributed by atoms with van der Waals surface area (Å²) >= 11 is 0. The largest absolute Gasteiger partial charge is 0.486 e. The molecule has 4 heterocycles. The van der Waals surface area contributed by atoms with Crippen LogP contribution >= 0.6 is 0 Å². The molecule has 0 amide bonds. The van der Waals surface area contributed by atoms with Crippen LogP contribution in [0.25, 0.3) is 11.0 Å². The summed E-state index contributed by atoms with van der Waals surface area (Å²) in [6.07, 6.45) is 3.53. The van der Waals surface area contributed by atoms with E-state index in [1.807, 2.05) is 32.2 Å². The fourth-order valence-corrected chi connectivity index (χ4v) is 3.00. The van der Waals surface area contributed by atoms with E-state index in [0.717, 1.165) is 36.2 Å². The van der Waals surface area contributed by atoms with Crippen LogP contribution in [0.4, 0.5) is 0 Å². The summed E-state index contributed by atoms with van der Waals surface area (Å²) in [6.45, 7) is 8.15. The molecule has 0 radical (unpaired) electrons. The quantitative estimate of drug-likeness (QED) is 0.751. The van der Waals surface area contributed by atoms with Crippen LogP contribution in [-0.4, -0.2) is 39.0 Å². The van der Waals surface area contributed by atoms with E-state index in [2.05, 4.69) is 19.9 Å². The van der Waals surface area contributed by atoms with Gasteiger partial charge in [-0.1, -0.05) is 13.8 Å². The van der Waals surface area contributed by atoms with Crippen molar-refractivity contribution < 1.29 is 4.74 Å². The average molecular weight is 377 g/mol. The Morgan fingerprint density at radius 2 is 2.04 bits per heavy atom. The van der Waals surface area contributed by atoms with E-state index in [1.54, 1.807) is 31.3 Å². The second-order valence-corrected chi connectivity index (χ2v) is 6.48. The number of H-pyrrole nitrogens is 1. The maximum absolute atomic E-state index is 11.8. The third-order valence-electron chi connectivity index (χ3n) is 4.42. The summed E-state index contributed by atoms with van der Waals surface area (Å²) < 4.78 is 5.84. The van der Waals surface area contributed by atoms with Crippen molar-refractivity contribution in [2.75, 3.05) is 13.1 Å². The molecule has 0 spiro atoms. The van der Waals surface area contributed by atoms with Gasteiger partial charge in [0.2, 0.25) is 0 Å². The number of pyridine rings is 3. The number of nitrogens with zero attached hydrogens (tertiary/aromatic N) is 4. The lowest BCUT2D eigenvalue weighted by Gasteiger charge is -2.38. The highest BCUT2D eigenvalue weighted by Crippen LogP contribution is 2.20. The molecule has 3 aromatic rings. The standard InChI is InChI=1S/C19H17N5O2.C2H6/c1-12-4-17-18(23-19(12)25)5-13(7-22-17)9-24-10-16(11-24)26-15-3-2-14(6-20)21-8-15;1-2/h2-5,7-8,16H,9-11H2,1H3,(H,23,25);1-2H3. The number of rotatable bonds is 4. The lowest BCUT2D eigenvalue weighted by molar-refractivity contribution is 0.0143. The number of hydrogen-bond donors (Lipinski definition) is 1. The Hall–Kier alpha value is -3.24. The molecular formula is C21H23N5O2. The second kappa shape index (κ2) is 8.63. The van der Waals surface area contributed by atoms with Crippen LogP contribution in [0, 0.1) is 18.3 Å². The summed E-state index contributed by atoms with van der Waals surface area (Å²) in [4.78, 5) is 25.3. The molecule has 0 aliphatic carbocycles. The summed E-state index contributed by atoms with van der Waals surface area (Å²) in [5.41, 5.74) is 3.57. The van der Waals surface area contributed by atoms with Gasteiger partial charge in [0, 0.05) is 31.4 Å². The van der Waals surface area contributed by atoms with Crippen LogP contribution in [0.5, 0.6) is 5.75 Å². The predicted octanol–water partition coefficient (Wildman–Crippen LogP) is 2.79. The molecule has 0 atom stereocenters. The molecule has 7 nitrogen and oxygen atoms in total. The fourth-order valence-electron chi connectivity index (χ4n) is 3.00. The molecule has 1 aliphatic heterocycles. The zero-order valence-electron chi connectivity index (χ0n) is 16.3. The van der Waals surface area contributed by atoms with Crippen molar-refractivity contribution in [3.63, 3.8) is 0 Å². The van der Waals surface area contributed by atoms with Crippen molar-refractivity contribution in [1.29, 1.82) is 5.26 Å². The summed E-state index contributed by atoms with van der Waals surface area (Å²) in [7, 11) is 0. The highest BCUT2D eigenvalue weighted by molar-refractivity contribution is 5.74. The van der Waals surface area contributed by atoms with Gasteiger partial charge in [-0.3, -0.25) is 14.7 Å². The van der Waals surface area contributed by atoms with Gasteiger partial charge in [-0.05, 0) is 36.8 Å². The van der Waals surface area contributed by atoms with Crippen LogP contribution in [0.15, 0.2) is 41.5 Å². The first-order valence-electron chi connectivity index (χ1n) is 9.34. The molecule has 3 aromatic heterocycles. The zero-order chi connectivity index (χ0) is 20.1. The maximum atomic E-state index is 11.8. The normalized spacial score (nSPS) is 13.9. The third-order valence-corrected chi connectivity index (χ3v) is 4.42. The third kappa shape index (κ3) is 4.35. The monoisotopic (exact) mass is 377 g/mol. The van der Waals surface area contributed by atoms with Crippen LogP contribution in [0.1, 0.15) is 30.7 Å². The van der Waals surface area contributed by atoms with Gasteiger partial charge in [0.1, 0.15) is 23.6 Å². The van der Waals surface area contributed by atoms with E-state index in [9.17, 15) is 4.79 Å². The van der Waals surface area contributed by atoms with E-state index in [1.165, 1.54) is 0 Å². The van der Waals surface area contributed by atoms with Gasteiger partial charge in [0.25, 0.3) is 5.56 Å². The number of likely N-dealkylation sites (tertiary alicyclic amines) is 1. The van der Waals surface area contributed by atoms with Crippen LogP contribution in [-0.2, 0) is 6.54 Å². The highest BCUT2D eigenvalue weighted by Gasteiger charge is 2.28. The van der Waals surface area contributed by atoms with Crippen LogP contribution in [0.2, 0.25) is 0 Å². The van der Waals surface area contributed by atoms with Gasteiger partial charge in [-0.2, -0.15) is 5.26 Å². The van der Waals surface area contributed by atoms with Crippen molar-refractivity contribution in [1.82, 2.24) is 19.9 Å². The van der Waals surface area contributed by atoms with Gasteiger partial charge in [0.15, 0.2) is 0 Å².